The summed E-state index contributed by atoms with van der Waals surface area (Å²) in [5.41, 5.74) is 5.97. The van der Waals surface area contributed by atoms with Crippen molar-refractivity contribution in [3.8, 4) is 0 Å². The number of nitrogens with two attached hydrogens (primary N) is 1. The number of nitrogens with zero attached hydrogens (tertiary/aromatic N) is 1. The minimum Gasteiger partial charge on any atom is -0.466 e. The van der Waals surface area contributed by atoms with Gasteiger partial charge >= 0.3 is 5.97 Å². The van der Waals surface area contributed by atoms with Crippen molar-refractivity contribution in [2.75, 3.05) is 19.7 Å². The van der Waals surface area contributed by atoms with Crippen molar-refractivity contribution in [1.82, 2.24) is 4.90 Å². The second-order valence-electron chi connectivity index (χ2n) is 5.26. The number of primary amides is 1. The maximum Gasteiger partial charge on any atom is 0.309 e. The van der Waals surface area contributed by atoms with Crippen LogP contribution in [0.3, 0.4) is 0 Å². The van der Waals surface area contributed by atoms with Crippen molar-refractivity contribution in [1.29, 1.82) is 0 Å². The van der Waals surface area contributed by atoms with E-state index in [1.165, 1.54) is 6.07 Å². The molecule has 0 radical (unpaired) electrons. The fourth-order valence-corrected chi connectivity index (χ4v) is 2.57. The molecule has 0 saturated carbocycles. The molecule has 2 amide bonds. The van der Waals surface area contributed by atoms with Crippen LogP contribution in [0.4, 0.5) is 0 Å². The molecule has 1 aromatic carbocycles. The lowest BCUT2D eigenvalue weighted by atomic mass is 9.96. The fraction of sp³-hybridized carbons (Fsp3) is 0.438. The maximum absolute atomic E-state index is 12.4. The molecule has 0 bridgehead atoms. The molecule has 2 rings (SSSR count). The summed E-state index contributed by atoms with van der Waals surface area (Å²) in [6.07, 6.45) is 1.19. The molecular formula is C16H20N2O4. The van der Waals surface area contributed by atoms with Crippen LogP contribution in [0.25, 0.3) is 0 Å². The molecule has 22 heavy (non-hydrogen) atoms. The number of benzene rings is 1. The lowest BCUT2D eigenvalue weighted by molar-refractivity contribution is -0.149. The number of amides is 2. The van der Waals surface area contributed by atoms with E-state index in [0.717, 1.165) is 0 Å². The normalized spacial score (nSPS) is 15.4. The second-order valence-corrected chi connectivity index (χ2v) is 5.26. The molecule has 1 saturated heterocycles. The van der Waals surface area contributed by atoms with E-state index in [0.29, 0.717) is 43.7 Å². The van der Waals surface area contributed by atoms with Crippen LogP contribution in [0.15, 0.2) is 24.3 Å². The molecule has 6 heteroatoms. The van der Waals surface area contributed by atoms with E-state index in [1.807, 2.05) is 0 Å². The Morgan fingerprint density at radius 1 is 1.23 bits per heavy atom. The standard InChI is InChI=1S/C16H20N2O4/c1-2-22-16(21)11-6-8-18(9-7-11)15(20)13-5-3-4-12(10-13)14(17)19/h3-5,10-11H,2,6-9H2,1H3,(H2,17,19). The van der Waals surface area contributed by atoms with E-state index >= 15 is 0 Å². The quantitative estimate of drug-likeness (QED) is 0.846. The van der Waals surface area contributed by atoms with Crippen LogP contribution in [0.1, 0.15) is 40.5 Å². The van der Waals surface area contributed by atoms with E-state index in [9.17, 15) is 14.4 Å². The van der Waals surface area contributed by atoms with Gasteiger partial charge < -0.3 is 15.4 Å². The second kappa shape index (κ2) is 7.06. The van der Waals surface area contributed by atoms with Gasteiger partial charge in [-0.1, -0.05) is 6.07 Å². The monoisotopic (exact) mass is 304 g/mol. The van der Waals surface area contributed by atoms with Gasteiger partial charge in [0.1, 0.15) is 0 Å². The van der Waals surface area contributed by atoms with E-state index in [4.69, 9.17) is 10.5 Å². The van der Waals surface area contributed by atoms with Gasteiger partial charge in [-0.05, 0) is 38.0 Å². The van der Waals surface area contributed by atoms with Crippen molar-refractivity contribution in [3.05, 3.63) is 35.4 Å². The van der Waals surface area contributed by atoms with Gasteiger partial charge in [0.15, 0.2) is 0 Å². The Hall–Kier alpha value is -2.37. The summed E-state index contributed by atoms with van der Waals surface area (Å²) < 4.78 is 5.01. The first-order valence-corrected chi connectivity index (χ1v) is 7.38. The lowest BCUT2D eigenvalue weighted by Crippen LogP contribution is -2.40. The van der Waals surface area contributed by atoms with Crippen molar-refractivity contribution in [2.24, 2.45) is 11.7 Å². The summed E-state index contributed by atoms with van der Waals surface area (Å²) in [7, 11) is 0. The highest BCUT2D eigenvalue weighted by Crippen LogP contribution is 2.20. The van der Waals surface area contributed by atoms with E-state index < -0.39 is 5.91 Å². The fourth-order valence-electron chi connectivity index (χ4n) is 2.57. The summed E-state index contributed by atoms with van der Waals surface area (Å²) >= 11 is 0. The van der Waals surface area contributed by atoms with Crippen LogP contribution < -0.4 is 5.73 Å². The predicted molar refractivity (Wildman–Crippen MR) is 80.2 cm³/mol. The number of carbonyl (C=O) groups is 3. The van der Waals surface area contributed by atoms with Crippen LogP contribution >= 0.6 is 0 Å². The third-order valence-corrected chi connectivity index (χ3v) is 3.80. The summed E-state index contributed by atoms with van der Waals surface area (Å²) in [5, 5.41) is 0. The van der Waals surface area contributed by atoms with Gasteiger partial charge in [0.05, 0.1) is 12.5 Å². The van der Waals surface area contributed by atoms with E-state index in [2.05, 4.69) is 0 Å². The smallest absolute Gasteiger partial charge is 0.309 e. The number of hydrogen-bond donors (Lipinski definition) is 1. The minimum atomic E-state index is -0.560. The zero-order chi connectivity index (χ0) is 16.1. The molecule has 0 aliphatic carbocycles. The topological polar surface area (TPSA) is 89.7 Å². The average molecular weight is 304 g/mol. The summed E-state index contributed by atoms with van der Waals surface area (Å²) in [4.78, 5) is 37.0. The van der Waals surface area contributed by atoms with Crippen molar-refractivity contribution < 1.29 is 19.1 Å². The third-order valence-electron chi connectivity index (χ3n) is 3.80. The molecule has 1 fully saturated rings. The van der Waals surface area contributed by atoms with Crippen LogP contribution in [0.5, 0.6) is 0 Å². The lowest BCUT2D eigenvalue weighted by Gasteiger charge is -2.31. The third kappa shape index (κ3) is 3.63. The summed E-state index contributed by atoms with van der Waals surface area (Å²) in [6.45, 7) is 3.16. The van der Waals surface area contributed by atoms with Crippen LogP contribution in [-0.2, 0) is 9.53 Å². The zero-order valence-electron chi connectivity index (χ0n) is 12.6. The van der Waals surface area contributed by atoms with Gasteiger partial charge in [-0.25, -0.2) is 0 Å². The Morgan fingerprint density at radius 2 is 1.86 bits per heavy atom. The Kier molecular flexibility index (Phi) is 5.14. The number of ether oxygens (including phenoxy) is 1. The molecule has 1 aromatic rings. The minimum absolute atomic E-state index is 0.138. The molecule has 1 aliphatic heterocycles. The molecule has 0 spiro atoms. The predicted octanol–water partition coefficient (Wildman–Crippen LogP) is 1.20. The van der Waals surface area contributed by atoms with Gasteiger partial charge in [0.25, 0.3) is 5.91 Å². The van der Waals surface area contributed by atoms with Crippen molar-refractivity contribution in [2.45, 2.75) is 19.8 Å². The number of carbonyl (C=O) groups excluding carboxylic acids is 3. The van der Waals surface area contributed by atoms with Crippen LogP contribution in [0, 0.1) is 5.92 Å². The average Bonchev–Trinajstić information content (AvgIpc) is 2.54. The first-order chi connectivity index (χ1) is 10.5. The molecule has 118 valence electrons. The number of rotatable bonds is 4. The van der Waals surface area contributed by atoms with Gasteiger partial charge in [-0.2, -0.15) is 0 Å². The van der Waals surface area contributed by atoms with Gasteiger partial charge in [-0.15, -0.1) is 0 Å². The zero-order valence-corrected chi connectivity index (χ0v) is 12.6. The SMILES string of the molecule is CCOC(=O)C1CCN(C(=O)c2cccc(C(N)=O)c2)CC1. The Labute approximate surface area is 129 Å². The van der Waals surface area contributed by atoms with E-state index in [1.54, 1.807) is 30.0 Å². The molecule has 1 heterocycles. The molecule has 0 atom stereocenters. The maximum atomic E-state index is 12.4. The number of hydrogen-bond acceptors (Lipinski definition) is 4. The number of piperidine rings is 1. The first kappa shape index (κ1) is 16.0. The molecule has 2 N–H and O–H groups in total. The van der Waals surface area contributed by atoms with Gasteiger partial charge in [0.2, 0.25) is 5.91 Å². The highest BCUT2D eigenvalue weighted by atomic mass is 16.5. The molecular weight excluding hydrogens is 284 g/mol. The summed E-state index contributed by atoms with van der Waals surface area (Å²) in [6, 6.07) is 6.37. The highest BCUT2D eigenvalue weighted by Gasteiger charge is 2.28. The first-order valence-electron chi connectivity index (χ1n) is 7.38. The highest BCUT2D eigenvalue weighted by molar-refractivity contribution is 5.99. The molecule has 0 aromatic heterocycles. The molecule has 1 aliphatic rings. The number of esters is 1. The van der Waals surface area contributed by atoms with Crippen molar-refractivity contribution >= 4 is 17.8 Å². The Balaban J connectivity index is 1.99. The summed E-state index contributed by atoms with van der Waals surface area (Å²) in [5.74, 6) is -1.03. The van der Waals surface area contributed by atoms with Gasteiger partial charge in [-0.3, -0.25) is 14.4 Å². The van der Waals surface area contributed by atoms with Crippen LogP contribution in [0.2, 0.25) is 0 Å². The Morgan fingerprint density at radius 3 is 2.45 bits per heavy atom. The van der Waals surface area contributed by atoms with E-state index in [-0.39, 0.29) is 17.8 Å². The van der Waals surface area contributed by atoms with Gasteiger partial charge in [0, 0.05) is 24.2 Å². The molecule has 0 unspecified atom stereocenters. The van der Waals surface area contributed by atoms with Crippen molar-refractivity contribution in [3.63, 3.8) is 0 Å². The number of likely N-dealkylation sites (tertiary alicyclic amines) is 1. The van der Waals surface area contributed by atoms with Crippen LogP contribution in [-0.4, -0.2) is 42.4 Å². The largest absolute Gasteiger partial charge is 0.466 e. The Bertz CT molecular complexity index is 577. The molecule has 6 nitrogen and oxygen atoms in total.